The van der Waals surface area contributed by atoms with Gasteiger partial charge in [0.1, 0.15) is 5.54 Å². The van der Waals surface area contributed by atoms with E-state index in [4.69, 9.17) is 23.2 Å². The molecule has 0 unspecified atom stereocenters. The molecule has 2 aromatic carbocycles. The van der Waals surface area contributed by atoms with Crippen LogP contribution in [0.2, 0.25) is 10.0 Å². The third-order valence-corrected chi connectivity index (χ3v) is 10.5. The van der Waals surface area contributed by atoms with E-state index in [1.807, 2.05) is 24.3 Å². The number of benzene rings is 2. The molecule has 1 saturated heterocycles. The van der Waals surface area contributed by atoms with Crippen LogP contribution in [0, 0.1) is 5.92 Å². The lowest BCUT2D eigenvalue weighted by atomic mass is 9.92. The lowest BCUT2D eigenvalue weighted by molar-refractivity contribution is -0.133. The van der Waals surface area contributed by atoms with Gasteiger partial charge in [-0.2, -0.15) is 4.31 Å². The maximum absolute atomic E-state index is 14.2. The van der Waals surface area contributed by atoms with E-state index in [9.17, 15) is 18.0 Å². The molecular formula is C27H26BrCl2N5O4S. The highest BCUT2D eigenvalue weighted by Crippen LogP contribution is 2.45. The lowest BCUT2D eigenvalue weighted by Gasteiger charge is -2.34. The summed E-state index contributed by atoms with van der Waals surface area (Å²) in [7, 11) is -4.06. The molecule has 0 spiro atoms. The Morgan fingerprint density at radius 1 is 1.05 bits per heavy atom. The lowest BCUT2D eigenvalue weighted by Crippen LogP contribution is -2.51. The predicted octanol–water partition coefficient (Wildman–Crippen LogP) is 4.83. The van der Waals surface area contributed by atoms with E-state index in [0.717, 1.165) is 22.9 Å². The Morgan fingerprint density at radius 2 is 1.68 bits per heavy atom. The van der Waals surface area contributed by atoms with Gasteiger partial charge in [-0.15, -0.1) is 0 Å². The van der Waals surface area contributed by atoms with Crippen LogP contribution in [-0.4, -0.2) is 65.2 Å². The fraction of sp³-hybridized carbons (Fsp3) is 0.370. The smallest absolute Gasteiger partial charge is 0.260 e. The van der Waals surface area contributed by atoms with Gasteiger partial charge in [0, 0.05) is 53.0 Å². The van der Waals surface area contributed by atoms with Gasteiger partial charge in [0.25, 0.3) is 15.9 Å². The summed E-state index contributed by atoms with van der Waals surface area (Å²) in [6, 6.07) is 12.3. The van der Waals surface area contributed by atoms with Gasteiger partial charge in [0.05, 0.1) is 11.9 Å². The van der Waals surface area contributed by atoms with Crippen LogP contribution in [0.3, 0.4) is 0 Å². The molecule has 1 aliphatic carbocycles. The number of anilines is 2. The first-order valence-corrected chi connectivity index (χ1v) is 15.9. The maximum atomic E-state index is 14.2. The third-order valence-electron chi connectivity index (χ3n) is 7.72. The van der Waals surface area contributed by atoms with Crippen molar-refractivity contribution in [2.45, 2.75) is 36.8 Å². The molecule has 2 aliphatic heterocycles. The van der Waals surface area contributed by atoms with Crippen LogP contribution in [0.1, 0.15) is 25.3 Å². The van der Waals surface area contributed by atoms with Crippen LogP contribution in [0.15, 0.2) is 58.2 Å². The van der Waals surface area contributed by atoms with Crippen LogP contribution in [0.4, 0.5) is 11.6 Å². The molecule has 1 saturated carbocycles. The van der Waals surface area contributed by atoms with Crippen molar-refractivity contribution in [1.82, 2.24) is 18.8 Å². The number of rotatable bonds is 6. The first kappa shape index (κ1) is 27.7. The Morgan fingerprint density at radius 3 is 2.27 bits per heavy atom. The Hall–Kier alpha value is -2.44. The molecule has 2 amide bonds. The quantitative estimate of drug-likeness (QED) is 0.376. The molecule has 13 heteroatoms. The van der Waals surface area contributed by atoms with E-state index < -0.39 is 15.6 Å². The number of hydrogen-bond donors (Lipinski definition) is 0. The van der Waals surface area contributed by atoms with E-state index in [1.54, 1.807) is 30.0 Å². The summed E-state index contributed by atoms with van der Waals surface area (Å²) in [6.07, 6.45) is 3.33. The molecule has 0 radical (unpaired) electrons. The SMILES string of the molecule is C[C@@]1(Cc2ccc(Br)cc2)C(=O)N(c2cc(Cl)cc(Cl)c2)c2ncc(S(=O)(=O)N3CCN(C(=O)C4CC4)CC3)n21. The van der Waals surface area contributed by atoms with Crippen LogP contribution in [0.5, 0.6) is 0 Å². The Labute approximate surface area is 250 Å². The number of fused-ring (bicyclic) bond motifs is 1. The number of imidazole rings is 1. The van der Waals surface area contributed by atoms with Gasteiger partial charge in [-0.3, -0.25) is 14.2 Å². The largest absolute Gasteiger partial charge is 0.340 e. The molecule has 2 fully saturated rings. The van der Waals surface area contributed by atoms with E-state index in [2.05, 4.69) is 20.9 Å². The van der Waals surface area contributed by atoms with Gasteiger partial charge in [-0.25, -0.2) is 18.3 Å². The Kier molecular flexibility index (Phi) is 7.02. The molecule has 3 aliphatic rings. The number of carbonyl (C=O) groups is 2. The van der Waals surface area contributed by atoms with Crippen molar-refractivity contribution in [3.63, 3.8) is 0 Å². The van der Waals surface area contributed by atoms with Gasteiger partial charge in [-0.1, -0.05) is 51.3 Å². The monoisotopic (exact) mass is 665 g/mol. The van der Waals surface area contributed by atoms with Gasteiger partial charge in [0.15, 0.2) is 5.03 Å². The highest BCUT2D eigenvalue weighted by atomic mass is 79.9. The van der Waals surface area contributed by atoms with Crippen molar-refractivity contribution in [2.24, 2.45) is 5.92 Å². The maximum Gasteiger partial charge on any atom is 0.260 e. The number of aromatic nitrogens is 2. The fourth-order valence-electron chi connectivity index (χ4n) is 5.48. The molecule has 210 valence electrons. The zero-order chi connectivity index (χ0) is 28.4. The molecule has 1 atom stereocenters. The van der Waals surface area contributed by atoms with Crippen LogP contribution < -0.4 is 4.90 Å². The fourth-order valence-corrected chi connectivity index (χ4v) is 7.87. The number of sulfonamides is 1. The summed E-state index contributed by atoms with van der Waals surface area (Å²) in [4.78, 5) is 34.3. The molecule has 0 bridgehead atoms. The average Bonchev–Trinajstić information content (AvgIpc) is 3.63. The van der Waals surface area contributed by atoms with E-state index in [0.29, 0.717) is 28.8 Å². The van der Waals surface area contributed by atoms with Crippen LogP contribution in [-0.2, 0) is 31.6 Å². The van der Waals surface area contributed by atoms with Crippen molar-refractivity contribution in [3.8, 4) is 0 Å². The number of nitrogens with zero attached hydrogens (tertiary/aromatic N) is 5. The predicted molar refractivity (Wildman–Crippen MR) is 155 cm³/mol. The number of hydrogen-bond acceptors (Lipinski definition) is 5. The van der Waals surface area contributed by atoms with E-state index >= 15 is 0 Å². The molecular weight excluding hydrogens is 641 g/mol. The highest BCUT2D eigenvalue weighted by Gasteiger charge is 2.52. The first-order chi connectivity index (χ1) is 19.0. The number of halogens is 3. The molecule has 3 heterocycles. The second-order valence-corrected chi connectivity index (χ2v) is 14.3. The second-order valence-electron chi connectivity index (χ2n) is 10.6. The van der Waals surface area contributed by atoms with E-state index in [-0.39, 0.29) is 48.2 Å². The van der Waals surface area contributed by atoms with Crippen molar-refractivity contribution in [2.75, 3.05) is 31.1 Å². The molecule has 6 rings (SSSR count). The Bertz CT molecular complexity index is 1600. The minimum atomic E-state index is -4.06. The summed E-state index contributed by atoms with van der Waals surface area (Å²) >= 11 is 16.0. The second kappa shape index (κ2) is 10.1. The van der Waals surface area contributed by atoms with Gasteiger partial charge in [-0.05, 0) is 55.7 Å². The van der Waals surface area contributed by atoms with Gasteiger partial charge in [0.2, 0.25) is 11.9 Å². The normalized spacial score (nSPS) is 21.6. The number of piperazine rings is 1. The van der Waals surface area contributed by atoms with Gasteiger partial charge < -0.3 is 4.90 Å². The zero-order valence-electron chi connectivity index (χ0n) is 21.6. The van der Waals surface area contributed by atoms with Crippen molar-refractivity contribution < 1.29 is 18.0 Å². The topological polar surface area (TPSA) is 95.8 Å². The van der Waals surface area contributed by atoms with Crippen molar-refractivity contribution in [1.29, 1.82) is 0 Å². The summed E-state index contributed by atoms with van der Waals surface area (Å²) < 4.78 is 31.9. The number of amides is 2. The summed E-state index contributed by atoms with van der Waals surface area (Å²) in [5.74, 6) is 0.000525. The zero-order valence-corrected chi connectivity index (χ0v) is 25.5. The summed E-state index contributed by atoms with van der Waals surface area (Å²) in [5.41, 5.74) is -0.0778. The molecule has 1 aromatic heterocycles. The summed E-state index contributed by atoms with van der Waals surface area (Å²) in [5, 5.41) is 0.593. The third kappa shape index (κ3) is 4.75. The Balaban J connectivity index is 1.40. The van der Waals surface area contributed by atoms with Crippen LogP contribution in [0.25, 0.3) is 0 Å². The number of carbonyl (C=O) groups excluding carboxylic acids is 2. The van der Waals surface area contributed by atoms with E-state index in [1.165, 1.54) is 20.0 Å². The molecule has 9 nitrogen and oxygen atoms in total. The minimum Gasteiger partial charge on any atom is -0.340 e. The molecule has 3 aromatic rings. The van der Waals surface area contributed by atoms with Gasteiger partial charge >= 0.3 is 0 Å². The standard InChI is InChI=1S/C27H26BrCl2N5O4S/c1-27(15-17-2-6-19(28)7-3-17)25(37)34(22-13-20(29)12-21(30)14-22)26-31-16-23(35(26)27)40(38,39)33-10-8-32(9-11-33)24(36)18-4-5-18/h2-3,6-7,12-14,16,18H,4-5,8-11,15H2,1H3/t27-/m1/s1. The minimum absolute atomic E-state index is 0.0759. The average molecular weight is 667 g/mol. The molecule has 0 N–H and O–H groups in total. The molecule has 40 heavy (non-hydrogen) atoms. The highest BCUT2D eigenvalue weighted by molar-refractivity contribution is 9.10. The van der Waals surface area contributed by atoms with Crippen molar-refractivity contribution >= 4 is 72.6 Å². The van der Waals surface area contributed by atoms with Crippen molar-refractivity contribution in [3.05, 3.63) is 68.7 Å². The summed E-state index contributed by atoms with van der Waals surface area (Å²) in [6.45, 7) is 2.73. The van der Waals surface area contributed by atoms with Crippen LogP contribution >= 0.6 is 39.1 Å². The first-order valence-electron chi connectivity index (χ1n) is 12.9.